The van der Waals surface area contributed by atoms with E-state index in [9.17, 15) is 9.59 Å². The predicted molar refractivity (Wildman–Crippen MR) is 59.1 cm³/mol. The second-order valence-electron chi connectivity index (χ2n) is 4.31. The molecule has 0 radical (unpaired) electrons. The lowest BCUT2D eigenvalue weighted by Crippen LogP contribution is -2.57. The fraction of sp³-hybridized carbons (Fsp3) is 0.333. The Labute approximate surface area is 93.5 Å². The van der Waals surface area contributed by atoms with Gasteiger partial charge in [0.1, 0.15) is 6.04 Å². The molecule has 0 aliphatic carbocycles. The average molecular weight is 216 g/mol. The van der Waals surface area contributed by atoms with E-state index in [4.69, 9.17) is 0 Å². The quantitative estimate of drug-likeness (QED) is 0.630. The Balaban J connectivity index is 2.08. The number of amides is 2. The molecule has 0 bridgehead atoms. The number of para-hydroxylation sites is 1. The zero-order valence-electron chi connectivity index (χ0n) is 9.01. The summed E-state index contributed by atoms with van der Waals surface area (Å²) in [6.45, 7) is 0.184. The number of anilines is 1. The summed E-state index contributed by atoms with van der Waals surface area (Å²) < 4.78 is 0. The highest BCUT2D eigenvalue weighted by molar-refractivity contribution is 6.08. The van der Waals surface area contributed by atoms with Crippen LogP contribution in [0.3, 0.4) is 0 Å². The van der Waals surface area contributed by atoms with Crippen LogP contribution in [0.5, 0.6) is 0 Å². The molecule has 2 amide bonds. The molecular weight excluding hydrogens is 204 g/mol. The molecule has 1 atom stereocenters. The van der Waals surface area contributed by atoms with Crippen molar-refractivity contribution in [1.82, 2.24) is 4.90 Å². The summed E-state index contributed by atoms with van der Waals surface area (Å²) in [6.07, 6.45) is 0.644. The van der Waals surface area contributed by atoms with Crippen LogP contribution in [-0.2, 0) is 16.0 Å². The summed E-state index contributed by atoms with van der Waals surface area (Å²) in [5.41, 5.74) is 1.99. The van der Waals surface area contributed by atoms with Crippen molar-refractivity contribution in [3.05, 3.63) is 29.8 Å². The molecule has 2 aliphatic heterocycles. The molecule has 1 saturated heterocycles. The van der Waals surface area contributed by atoms with Gasteiger partial charge in [0.25, 0.3) is 0 Å². The van der Waals surface area contributed by atoms with Crippen molar-refractivity contribution < 1.29 is 9.59 Å². The van der Waals surface area contributed by atoms with Crippen molar-refractivity contribution in [2.24, 2.45) is 0 Å². The third-order valence-electron chi connectivity index (χ3n) is 3.28. The van der Waals surface area contributed by atoms with Gasteiger partial charge in [-0.2, -0.15) is 0 Å². The number of hydrogen-bond donors (Lipinski definition) is 0. The first kappa shape index (κ1) is 9.39. The smallest absolute Gasteiger partial charge is 0.247 e. The maximum absolute atomic E-state index is 12.0. The molecular formula is C12H12N2O2. The minimum Gasteiger partial charge on any atom is -0.335 e. The normalized spacial score (nSPS) is 23.4. The van der Waals surface area contributed by atoms with Gasteiger partial charge in [-0.25, -0.2) is 0 Å². The van der Waals surface area contributed by atoms with Gasteiger partial charge in [0.2, 0.25) is 11.8 Å². The van der Waals surface area contributed by atoms with Crippen molar-refractivity contribution in [2.45, 2.75) is 12.5 Å². The number of carbonyl (C=O) groups excluding carboxylic acids is 2. The van der Waals surface area contributed by atoms with Gasteiger partial charge in [0.15, 0.2) is 0 Å². The number of fused-ring (bicyclic) bond motifs is 3. The van der Waals surface area contributed by atoms with Crippen molar-refractivity contribution in [3.8, 4) is 0 Å². The second-order valence-corrected chi connectivity index (χ2v) is 4.31. The Morgan fingerprint density at radius 1 is 1.25 bits per heavy atom. The van der Waals surface area contributed by atoms with Crippen LogP contribution in [0.1, 0.15) is 5.56 Å². The molecule has 0 saturated carbocycles. The average Bonchev–Trinajstić information content (AvgIpc) is 2.65. The standard InChI is InChI=1S/C12H12N2O2/c1-13-7-11(15)14-9-5-3-2-4-8(9)6-10(14)12(13)16/h2-5,10H,6-7H2,1H3/t10-/m0/s1. The minimum absolute atomic E-state index is 0.0112. The third-order valence-corrected chi connectivity index (χ3v) is 3.28. The highest BCUT2D eigenvalue weighted by Gasteiger charge is 2.43. The van der Waals surface area contributed by atoms with Crippen LogP contribution in [-0.4, -0.2) is 36.3 Å². The van der Waals surface area contributed by atoms with Gasteiger partial charge in [-0.3, -0.25) is 14.5 Å². The second kappa shape index (κ2) is 3.07. The van der Waals surface area contributed by atoms with Crippen LogP contribution >= 0.6 is 0 Å². The van der Waals surface area contributed by atoms with E-state index in [1.165, 1.54) is 4.90 Å². The first-order valence-electron chi connectivity index (χ1n) is 5.33. The van der Waals surface area contributed by atoms with Gasteiger partial charge in [-0.15, -0.1) is 0 Å². The van der Waals surface area contributed by atoms with E-state index in [0.29, 0.717) is 6.42 Å². The Hall–Kier alpha value is -1.84. The third kappa shape index (κ3) is 1.10. The van der Waals surface area contributed by atoms with Crippen LogP contribution in [0.25, 0.3) is 0 Å². The maximum atomic E-state index is 12.0. The van der Waals surface area contributed by atoms with Gasteiger partial charge in [0.05, 0.1) is 6.54 Å². The number of carbonyl (C=O) groups is 2. The fourth-order valence-corrected chi connectivity index (χ4v) is 2.50. The highest BCUT2D eigenvalue weighted by Crippen LogP contribution is 2.34. The molecule has 82 valence electrons. The molecule has 2 aliphatic rings. The van der Waals surface area contributed by atoms with Crippen molar-refractivity contribution in [3.63, 3.8) is 0 Å². The SMILES string of the molecule is CN1CC(=O)N2c3ccccc3C[C@H]2C1=O. The molecule has 4 nitrogen and oxygen atoms in total. The molecule has 0 aromatic heterocycles. The first-order valence-corrected chi connectivity index (χ1v) is 5.33. The molecule has 0 spiro atoms. The Morgan fingerprint density at radius 2 is 2.00 bits per heavy atom. The van der Waals surface area contributed by atoms with Crippen LogP contribution < -0.4 is 4.90 Å². The van der Waals surface area contributed by atoms with Crippen molar-refractivity contribution in [2.75, 3.05) is 18.5 Å². The number of rotatable bonds is 0. The fourth-order valence-electron chi connectivity index (χ4n) is 2.50. The number of piperazine rings is 1. The first-order chi connectivity index (χ1) is 7.68. The summed E-state index contributed by atoms with van der Waals surface area (Å²) in [5, 5.41) is 0. The van der Waals surface area contributed by atoms with Crippen LogP contribution in [0.2, 0.25) is 0 Å². The van der Waals surface area contributed by atoms with E-state index in [1.54, 1.807) is 11.9 Å². The topological polar surface area (TPSA) is 40.6 Å². The molecule has 0 N–H and O–H groups in total. The van der Waals surface area contributed by atoms with Gasteiger partial charge < -0.3 is 4.90 Å². The van der Waals surface area contributed by atoms with Gasteiger partial charge in [0, 0.05) is 19.2 Å². The van der Waals surface area contributed by atoms with Crippen LogP contribution in [0.15, 0.2) is 24.3 Å². The zero-order chi connectivity index (χ0) is 11.3. The van der Waals surface area contributed by atoms with Crippen molar-refractivity contribution in [1.29, 1.82) is 0 Å². The van der Waals surface area contributed by atoms with E-state index in [-0.39, 0.29) is 24.4 Å². The van der Waals surface area contributed by atoms with Crippen molar-refractivity contribution >= 4 is 17.5 Å². The van der Waals surface area contributed by atoms with E-state index >= 15 is 0 Å². The lowest BCUT2D eigenvalue weighted by molar-refractivity contribution is -0.139. The molecule has 16 heavy (non-hydrogen) atoms. The molecule has 3 rings (SSSR count). The predicted octanol–water partition coefficient (Wildman–Crippen LogP) is 0.416. The zero-order valence-corrected chi connectivity index (χ0v) is 9.01. The molecule has 2 heterocycles. The minimum atomic E-state index is -0.316. The van der Waals surface area contributed by atoms with Gasteiger partial charge >= 0.3 is 0 Å². The maximum Gasteiger partial charge on any atom is 0.247 e. The number of hydrogen-bond acceptors (Lipinski definition) is 2. The van der Waals surface area contributed by atoms with Crippen LogP contribution in [0.4, 0.5) is 5.69 Å². The number of nitrogens with zero attached hydrogens (tertiary/aromatic N) is 2. The number of likely N-dealkylation sites (N-methyl/N-ethyl adjacent to an activating group) is 1. The van der Waals surface area contributed by atoms with Gasteiger partial charge in [-0.05, 0) is 11.6 Å². The summed E-state index contributed by atoms with van der Waals surface area (Å²) >= 11 is 0. The summed E-state index contributed by atoms with van der Waals surface area (Å²) in [7, 11) is 1.68. The summed E-state index contributed by atoms with van der Waals surface area (Å²) in [6, 6.07) is 7.41. The van der Waals surface area contributed by atoms with E-state index < -0.39 is 0 Å². The lowest BCUT2D eigenvalue weighted by atomic mass is 10.1. The Kier molecular flexibility index (Phi) is 1.80. The summed E-state index contributed by atoms with van der Waals surface area (Å²) in [4.78, 5) is 27.0. The summed E-state index contributed by atoms with van der Waals surface area (Å²) in [5.74, 6) is 0.0489. The molecule has 1 aromatic carbocycles. The Bertz CT molecular complexity index is 484. The molecule has 4 heteroatoms. The monoisotopic (exact) mass is 216 g/mol. The molecule has 1 fully saturated rings. The Morgan fingerprint density at radius 3 is 2.81 bits per heavy atom. The number of benzene rings is 1. The largest absolute Gasteiger partial charge is 0.335 e. The van der Waals surface area contributed by atoms with Gasteiger partial charge in [-0.1, -0.05) is 18.2 Å². The van der Waals surface area contributed by atoms with E-state index in [0.717, 1.165) is 11.3 Å². The van der Waals surface area contributed by atoms with E-state index in [2.05, 4.69) is 0 Å². The molecule has 0 unspecified atom stereocenters. The molecule has 1 aromatic rings. The highest BCUT2D eigenvalue weighted by atomic mass is 16.2. The lowest BCUT2D eigenvalue weighted by Gasteiger charge is -2.34. The van der Waals surface area contributed by atoms with Crippen LogP contribution in [0, 0.1) is 0 Å². The van der Waals surface area contributed by atoms with E-state index in [1.807, 2.05) is 24.3 Å².